The Morgan fingerprint density at radius 2 is 2.25 bits per heavy atom. The smallest absolute Gasteiger partial charge is 0.341 e. The van der Waals surface area contributed by atoms with Crippen LogP contribution in [0.1, 0.15) is 23.0 Å². The summed E-state index contributed by atoms with van der Waals surface area (Å²) in [6, 6.07) is 0. The van der Waals surface area contributed by atoms with E-state index in [1.165, 1.54) is 4.68 Å². The number of morpholine rings is 1. The summed E-state index contributed by atoms with van der Waals surface area (Å²) in [7, 11) is 0. The molecule has 1 fully saturated rings. The van der Waals surface area contributed by atoms with Crippen molar-refractivity contribution in [3.63, 3.8) is 0 Å². The van der Waals surface area contributed by atoms with E-state index < -0.39 is 5.97 Å². The Labute approximate surface area is 116 Å². The van der Waals surface area contributed by atoms with Gasteiger partial charge in [0.2, 0.25) is 5.91 Å². The number of amides is 1. The number of carboxylic acids is 1. The highest BCUT2D eigenvalue weighted by Gasteiger charge is 2.22. The molecule has 1 aromatic rings. The van der Waals surface area contributed by atoms with Crippen LogP contribution in [0.4, 0.5) is 5.82 Å². The van der Waals surface area contributed by atoms with Gasteiger partial charge in [0.25, 0.3) is 0 Å². The Balaban J connectivity index is 2.09. The average molecular weight is 282 g/mol. The molecule has 1 aromatic heterocycles. The van der Waals surface area contributed by atoms with Gasteiger partial charge in [-0.05, 0) is 6.42 Å². The highest BCUT2D eigenvalue weighted by atomic mass is 16.5. The maximum absolute atomic E-state index is 11.6. The van der Waals surface area contributed by atoms with Gasteiger partial charge < -0.3 is 20.5 Å². The van der Waals surface area contributed by atoms with Crippen LogP contribution in [-0.4, -0.2) is 58.0 Å². The van der Waals surface area contributed by atoms with Gasteiger partial charge in [-0.3, -0.25) is 4.79 Å². The molecule has 8 nitrogen and oxygen atoms in total. The third-order valence-electron chi connectivity index (χ3n) is 3.28. The molecule has 0 spiro atoms. The van der Waals surface area contributed by atoms with E-state index in [0.717, 1.165) is 0 Å². The van der Waals surface area contributed by atoms with Crippen molar-refractivity contribution in [3.05, 3.63) is 11.3 Å². The first-order valence-corrected chi connectivity index (χ1v) is 6.48. The molecule has 8 heteroatoms. The van der Waals surface area contributed by atoms with Crippen LogP contribution in [-0.2, 0) is 22.5 Å². The van der Waals surface area contributed by atoms with Gasteiger partial charge in [-0.15, -0.1) is 0 Å². The van der Waals surface area contributed by atoms with E-state index >= 15 is 0 Å². The van der Waals surface area contributed by atoms with E-state index in [9.17, 15) is 9.59 Å². The number of aromatic carboxylic acids is 1. The highest BCUT2D eigenvalue weighted by Crippen LogP contribution is 2.17. The van der Waals surface area contributed by atoms with Crippen molar-refractivity contribution in [2.75, 3.05) is 32.0 Å². The summed E-state index contributed by atoms with van der Waals surface area (Å²) in [5.41, 5.74) is 6.34. The first kappa shape index (κ1) is 14.3. The Morgan fingerprint density at radius 3 is 2.80 bits per heavy atom. The van der Waals surface area contributed by atoms with E-state index in [1.807, 2.05) is 6.92 Å². The minimum atomic E-state index is -1.08. The molecule has 110 valence electrons. The molecule has 0 unspecified atom stereocenters. The van der Waals surface area contributed by atoms with Crippen molar-refractivity contribution in [1.29, 1.82) is 0 Å². The summed E-state index contributed by atoms with van der Waals surface area (Å²) in [5, 5.41) is 13.3. The topological polar surface area (TPSA) is 111 Å². The first-order chi connectivity index (χ1) is 9.54. The zero-order chi connectivity index (χ0) is 14.7. The molecule has 0 aliphatic carbocycles. The SMILES string of the molecule is CCc1nn(CCN2CCOCC2=O)c(N)c1C(=O)O. The Morgan fingerprint density at radius 1 is 1.50 bits per heavy atom. The molecule has 0 radical (unpaired) electrons. The lowest BCUT2D eigenvalue weighted by molar-refractivity contribution is -0.142. The molecule has 2 heterocycles. The lowest BCUT2D eigenvalue weighted by Gasteiger charge is -2.26. The van der Waals surface area contributed by atoms with E-state index in [1.54, 1.807) is 4.90 Å². The molecule has 3 N–H and O–H groups in total. The number of nitrogens with zero attached hydrogens (tertiary/aromatic N) is 3. The quantitative estimate of drug-likeness (QED) is 0.759. The van der Waals surface area contributed by atoms with Crippen molar-refractivity contribution >= 4 is 17.7 Å². The minimum absolute atomic E-state index is 0.0563. The van der Waals surface area contributed by atoms with Gasteiger partial charge in [0.1, 0.15) is 18.0 Å². The molecule has 0 aromatic carbocycles. The molecule has 0 saturated carbocycles. The summed E-state index contributed by atoms with van der Waals surface area (Å²) in [5.74, 6) is -1.01. The Kier molecular flexibility index (Phi) is 4.23. The lowest BCUT2D eigenvalue weighted by Crippen LogP contribution is -2.43. The van der Waals surface area contributed by atoms with Crippen LogP contribution in [0.2, 0.25) is 0 Å². The first-order valence-electron chi connectivity index (χ1n) is 6.48. The molecule has 1 aliphatic rings. The number of anilines is 1. The van der Waals surface area contributed by atoms with E-state index in [4.69, 9.17) is 15.6 Å². The number of nitrogens with two attached hydrogens (primary N) is 1. The summed E-state index contributed by atoms with van der Waals surface area (Å²) in [6.07, 6.45) is 0.495. The molecule has 20 heavy (non-hydrogen) atoms. The predicted octanol–water partition coefficient (Wildman–Crippen LogP) is -0.415. The monoisotopic (exact) mass is 282 g/mol. The minimum Gasteiger partial charge on any atom is -0.477 e. The van der Waals surface area contributed by atoms with Crippen molar-refractivity contribution in [2.24, 2.45) is 0 Å². The number of rotatable bonds is 5. The fraction of sp³-hybridized carbons (Fsp3) is 0.583. The van der Waals surface area contributed by atoms with Crippen LogP contribution in [0, 0.1) is 0 Å². The number of nitrogen functional groups attached to an aromatic ring is 1. The van der Waals surface area contributed by atoms with Crippen LogP contribution < -0.4 is 5.73 Å². The highest BCUT2D eigenvalue weighted by molar-refractivity contribution is 5.94. The van der Waals surface area contributed by atoms with Crippen molar-refractivity contribution in [2.45, 2.75) is 19.9 Å². The van der Waals surface area contributed by atoms with Gasteiger partial charge in [0.15, 0.2) is 0 Å². The number of ether oxygens (including phenoxy) is 1. The maximum atomic E-state index is 11.6. The van der Waals surface area contributed by atoms with Crippen LogP contribution in [0.25, 0.3) is 0 Å². The van der Waals surface area contributed by atoms with Gasteiger partial charge in [-0.1, -0.05) is 6.92 Å². The van der Waals surface area contributed by atoms with E-state index in [-0.39, 0.29) is 23.9 Å². The summed E-state index contributed by atoms with van der Waals surface area (Å²) < 4.78 is 6.49. The molecule has 2 rings (SSSR count). The summed E-state index contributed by atoms with van der Waals surface area (Å²) in [6.45, 7) is 3.78. The third-order valence-corrected chi connectivity index (χ3v) is 3.28. The number of carbonyl (C=O) groups excluding carboxylic acids is 1. The van der Waals surface area contributed by atoms with Crippen LogP contribution in [0.5, 0.6) is 0 Å². The second-order valence-corrected chi connectivity index (χ2v) is 4.52. The van der Waals surface area contributed by atoms with E-state index in [0.29, 0.717) is 38.4 Å². The predicted molar refractivity (Wildman–Crippen MR) is 70.4 cm³/mol. The zero-order valence-electron chi connectivity index (χ0n) is 11.3. The fourth-order valence-electron chi connectivity index (χ4n) is 2.18. The number of carbonyl (C=O) groups is 2. The number of aromatic nitrogens is 2. The van der Waals surface area contributed by atoms with Gasteiger partial charge in [-0.25, -0.2) is 9.48 Å². The average Bonchev–Trinajstić information content (AvgIpc) is 2.74. The van der Waals surface area contributed by atoms with Gasteiger partial charge in [-0.2, -0.15) is 5.10 Å². The standard InChI is InChI=1S/C12H18N4O4/c1-2-8-10(12(18)19)11(13)16(14-8)4-3-15-5-6-20-7-9(15)17/h2-7,13H2,1H3,(H,18,19). The second kappa shape index (κ2) is 5.91. The third kappa shape index (κ3) is 2.74. The number of hydrogen-bond donors (Lipinski definition) is 2. The second-order valence-electron chi connectivity index (χ2n) is 4.52. The number of aryl methyl sites for hydroxylation is 1. The van der Waals surface area contributed by atoms with Gasteiger partial charge >= 0.3 is 5.97 Å². The van der Waals surface area contributed by atoms with Gasteiger partial charge in [0, 0.05) is 13.1 Å². The van der Waals surface area contributed by atoms with Crippen LogP contribution in [0.3, 0.4) is 0 Å². The molecule has 1 aliphatic heterocycles. The Hall–Kier alpha value is -2.09. The zero-order valence-corrected chi connectivity index (χ0v) is 11.3. The molecule has 1 saturated heterocycles. The number of carboxylic acid groups (broad SMARTS) is 1. The fourth-order valence-corrected chi connectivity index (χ4v) is 2.18. The Bertz CT molecular complexity index is 526. The van der Waals surface area contributed by atoms with E-state index in [2.05, 4.69) is 5.10 Å². The van der Waals surface area contributed by atoms with Crippen molar-refractivity contribution in [3.8, 4) is 0 Å². The van der Waals surface area contributed by atoms with Crippen molar-refractivity contribution < 1.29 is 19.4 Å². The molecular weight excluding hydrogens is 264 g/mol. The van der Waals surface area contributed by atoms with Gasteiger partial charge in [0.05, 0.1) is 18.8 Å². The maximum Gasteiger partial charge on any atom is 0.341 e. The molecule has 1 amide bonds. The molecule has 0 bridgehead atoms. The largest absolute Gasteiger partial charge is 0.477 e. The lowest BCUT2D eigenvalue weighted by atomic mass is 10.2. The summed E-state index contributed by atoms with van der Waals surface area (Å²) >= 11 is 0. The normalized spacial score (nSPS) is 15.7. The van der Waals surface area contributed by atoms with Crippen LogP contribution >= 0.6 is 0 Å². The molecular formula is C12H18N4O4. The van der Waals surface area contributed by atoms with Crippen molar-refractivity contribution in [1.82, 2.24) is 14.7 Å². The number of hydrogen-bond acceptors (Lipinski definition) is 5. The molecule has 0 atom stereocenters. The summed E-state index contributed by atoms with van der Waals surface area (Å²) in [4.78, 5) is 24.4. The van der Waals surface area contributed by atoms with Crippen LogP contribution in [0.15, 0.2) is 0 Å².